The van der Waals surface area contributed by atoms with Gasteiger partial charge in [-0.1, -0.05) is 46.3 Å². The smallest absolute Gasteiger partial charge is 0.0716 e. The number of hydrogen-bond acceptors (Lipinski definition) is 2. The molecule has 0 saturated carbocycles. The van der Waals surface area contributed by atoms with Crippen LogP contribution in [0.4, 0.5) is 0 Å². The van der Waals surface area contributed by atoms with Gasteiger partial charge in [0.1, 0.15) is 0 Å². The first kappa shape index (κ1) is 15.0. The molecule has 3 atom stereocenters. The molecular weight excluding hydrogens is 304 g/mol. The Hall–Kier alpha value is -0.380. The first-order chi connectivity index (χ1) is 9.16. The fourth-order valence-electron chi connectivity index (χ4n) is 2.85. The first-order valence-electron chi connectivity index (χ1n) is 6.99. The highest BCUT2D eigenvalue weighted by atomic mass is 79.9. The third-order valence-corrected chi connectivity index (χ3v) is 5.23. The van der Waals surface area contributed by atoms with Crippen LogP contribution < -0.4 is 0 Å². The normalized spacial score (nSPS) is 30.7. The average Bonchev–Trinajstić information content (AvgIpc) is 2.71. The van der Waals surface area contributed by atoms with Crippen molar-refractivity contribution in [2.24, 2.45) is 5.41 Å². The Kier molecular flexibility index (Phi) is 5.43. The Bertz CT molecular complexity index is 382. The van der Waals surface area contributed by atoms with E-state index in [9.17, 15) is 0 Å². The number of benzene rings is 1. The summed E-state index contributed by atoms with van der Waals surface area (Å²) in [6.45, 7) is 5.83. The molecule has 1 fully saturated rings. The Balaban J connectivity index is 1.78. The van der Waals surface area contributed by atoms with Gasteiger partial charge in [0.2, 0.25) is 0 Å². The molecule has 1 aromatic rings. The molecule has 0 aliphatic carbocycles. The quantitative estimate of drug-likeness (QED) is 0.577. The zero-order valence-corrected chi connectivity index (χ0v) is 13.4. The fourth-order valence-corrected chi connectivity index (χ4v) is 3.82. The predicted molar refractivity (Wildman–Crippen MR) is 81.6 cm³/mol. The molecule has 0 N–H and O–H groups in total. The van der Waals surface area contributed by atoms with E-state index < -0.39 is 0 Å². The molecule has 106 valence electrons. The summed E-state index contributed by atoms with van der Waals surface area (Å²) in [5.41, 5.74) is 1.47. The molecule has 0 bridgehead atoms. The van der Waals surface area contributed by atoms with Gasteiger partial charge < -0.3 is 9.47 Å². The summed E-state index contributed by atoms with van der Waals surface area (Å²) in [5.74, 6) is 0. The lowest BCUT2D eigenvalue weighted by atomic mass is 9.80. The van der Waals surface area contributed by atoms with Gasteiger partial charge in [0.05, 0.1) is 18.8 Å². The van der Waals surface area contributed by atoms with E-state index in [1.54, 1.807) is 0 Å². The van der Waals surface area contributed by atoms with Gasteiger partial charge in [-0.15, -0.1) is 0 Å². The monoisotopic (exact) mass is 326 g/mol. The summed E-state index contributed by atoms with van der Waals surface area (Å²) in [7, 11) is 0. The molecule has 19 heavy (non-hydrogen) atoms. The Morgan fingerprint density at radius 2 is 2.05 bits per heavy atom. The summed E-state index contributed by atoms with van der Waals surface area (Å²) in [6.07, 6.45) is 2.84. The Morgan fingerprint density at radius 3 is 2.63 bits per heavy atom. The summed E-state index contributed by atoms with van der Waals surface area (Å²) < 4.78 is 11.7. The van der Waals surface area contributed by atoms with Crippen LogP contribution in [-0.4, -0.2) is 24.1 Å². The Labute approximate surface area is 124 Å². The summed E-state index contributed by atoms with van der Waals surface area (Å²) in [4.78, 5) is 0. The van der Waals surface area contributed by atoms with Crippen molar-refractivity contribution >= 4 is 15.9 Å². The maximum absolute atomic E-state index is 5.90. The molecule has 1 heterocycles. The van der Waals surface area contributed by atoms with E-state index in [0.717, 1.165) is 24.8 Å². The van der Waals surface area contributed by atoms with Gasteiger partial charge in [0, 0.05) is 17.4 Å². The lowest BCUT2D eigenvalue weighted by molar-refractivity contribution is 0.0210. The van der Waals surface area contributed by atoms with Crippen LogP contribution in [0.25, 0.3) is 0 Å². The molecule has 0 spiro atoms. The highest BCUT2D eigenvalue weighted by Crippen LogP contribution is 2.42. The molecule has 2 nitrogen and oxygen atoms in total. The predicted octanol–water partition coefficient (Wildman–Crippen LogP) is 4.17. The van der Waals surface area contributed by atoms with Crippen LogP contribution in [0.5, 0.6) is 0 Å². The lowest BCUT2D eigenvalue weighted by Gasteiger charge is -2.30. The van der Waals surface area contributed by atoms with Crippen molar-refractivity contribution in [2.45, 2.75) is 45.5 Å². The first-order valence-corrected chi connectivity index (χ1v) is 8.11. The van der Waals surface area contributed by atoms with Crippen molar-refractivity contribution in [3.8, 4) is 0 Å². The van der Waals surface area contributed by atoms with E-state index in [0.29, 0.717) is 18.8 Å². The minimum atomic E-state index is 0.232. The average molecular weight is 327 g/mol. The van der Waals surface area contributed by atoms with Gasteiger partial charge in [0.15, 0.2) is 0 Å². The molecule has 3 heteroatoms. The van der Waals surface area contributed by atoms with Crippen LogP contribution in [0.15, 0.2) is 30.3 Å². The van der Waals surface area contributed by atoms with E-state index >= 15 is 0 Å². The maximum atomic E-state index is 5.90. The van der Waals surface area contributed by atoms with Gasteiger partial charge in [-0.05, 0) is 32.3 Å². The standard InChI is InChI=1S/C16H23BrO2/c1-13-10-16(12-17,14(2)19-13)8-9-18-11-15-6-4-3-5-7-15/h3-7,13-14H,8-12H2,1-2H3. The minimum absolute atomic E-state index is 0.232. The summed E-state index contributed by atoms with van der Waals surface area (Å²) >= 11 is 3.66. The van der Waals surface area contributed by atoms with Crippen LogP contribution in [0.2, 0.25) is 0 Å². The van der Waals surface area contributed by atoms with Gasteiger partial charge >= 0.3 is 0 Å². The number of ether oxygens (including phenoxy) is 2. The second-order valence-electron chi connectivity index (χ2n) is 5.58. The number of halogens is 1. The summed E-state index contributed by atoms with van der Waals surface area (Å²) in [6, 6.07) is 10.3. The number of hydrogen-bond donors (Lipinski definition) is 0. The SMILES string of the molecule is CC1CC(CBr)(CCOCc2ccccc2)C(C)O1. The second kappa shape index (κ2) is 6.87. The number of alkyl halides is 1. The van der Waals surface area contributed by atoms with E-state index in [2.05, 4.69) is 41.9 Å². The van der Waals surface area contributed by atoms with Gasteiger partial charge in [0.25, 0.3) is 0 Å². The van der Waals surface area contributed by atoms with Gasteiger partial charge in [-0.2, -0.15) is 0 Å². The zero-order valence-electron chi connectivity index (χ0n) is 11.8. The molecule has 1 aromatic carbocycles. The van der Waals surface area contributed by atoms with Crippen molar-refractivity contribution in [1.82, 2.24) is 0 Å². The molecule has 1 aliphatic heterocycles. The molecule has 3 unspecified atom stereocenters. The fraction of sp³-hybridized carbons (Fsp3) is 0.625. The van der Waals surface area contributed by atoms with Crippen LogP contribution in [0.3, 0.4) is 0 Å². The highest BCUT2D eigenvalue weighted by molar-refractivity contribution is 9.09. The highest BCUT2D eigenvalue weighted by Gasteiger charge is 2.43. The van der Waals surface area contributed by atoms with E-state index in [4.69, 9.17) is 9.47 Å². The molecular formula is C16H23BrO2. The molecule has 1 aliphatic rings. The van der Waals surface area contributed by atoms with Crippen molar-refractivity contribution in [3.63, 3.8) is 0 Å². The third kappa shape index (κ3) is 3.80. The third-order valence-electron chi connectivity index (χ3n) is 4.11. The second-order valence-corrected chi connectivity index (χ2v) is 6.14. The van der Waals surface area contributed by atoms with Crippen LogP contribution in [-0.2, 0) is 16.1 Å². The van der Waals surface area contributed by atoms with Gasteiger partial charge in [-0.3, -0.25) is 0 Å². The van der Waals surface area contributed by atoms with Crippen molar-refractivity contribution in [3.05, 3.63) is 35.9 Å². The minimum Gasteiger partial charge on any atom is -0.377 e. The molecule has 1 saturated heterocycles. The van der Waals surface area contributed by atoms with Crippen molar-refractivity contribution < 1.29 is 9.47 Å². The van der Waals surface area contributed by atoms with E-state index in [1.165, 1.54) is 5.56 Å². The molecule has 0 amide bonds. The molecule has 2 rings (SSSR count). The topological polar surface area (TPSA) is 18.5 Å². The Morgan fingerprint density at radius 1 is 1.32 bits per heavy atom. The van der Waals surface area contributed by atoms with E-state index in [-0.39, 0.29) is 5.41 Å². The lowest BCUT2D eigenvalue weighted by Crippen LogP contribution is -2.32. The van der Waals surface area contributed by atoms with Crippen LogP contribution in [0.1, 0.15) is 32.3 Å². The van der Waals surface area contributed by atoms with Crippen LogP contribution >= 0.6 is 15.9 Å². The number of rotatable bonds is 6. The van der Waals surface area contributed by atoms with E-state index in [1.807, 2.05) is 18.2 Å². The molecule has 0 aromatic heterocycles. The summed E-state index contributed by atoms with van der Waals surface area (Å²) in [5, 5.41) is 0.986. The van der Waals surface area contributed by atoms with Gasteiger partial charge in [-0.25, -0.2) is 0 Å². The molecule has 0 radical (unpaired) electrons. The maximum Gasteiger partial charge on any atom is 0.0716 e. The van der Waals surface area contributed by atoms with Crippen molar-refractivity contribution in [2.75, 3.05) is 11.9 Å². The largest absolute Gasteiger partial charge is 0.377 e. The zero-order chi connectivity index (χ0) is 13.7. The van der Waals surface area contributed by atoms with Crippen molar-refractivity contribution in [1.29, 1.82) is 0 Å². The van der Waals surface area contributed by atoms with Crippen LogP contribution in [0, 0.1) is 5.41 Å².